The Morgan fingerprint density at radius 2 is 2.00 bits per heavy atom. The van der Waals surface area contributed by atoms with E-state index in [1.807, 2.05) is 35.2 Å². The van der Waals surface area contributed by atoms with Crippen molar-refractivity contribution in [1.29, 1.82) is 0 Å². The number of para-hydroxylation sites is 1. The lowest BCUT2D eigenvalue weighted by Crippen LogP contribution is -2.64. The summed E-state index contributed by atoms with van der Waals surface area (Å²) < 4.78 is 0. The second kappa shape index (κ2) is 4.37. The SMILES string of the molecule is O=C(CN1CC(O)(C2CC2)C1)Nc1ccccc1. The summed E-state index contributed by atoms with van der Waals surface area (Å²) in [7, 11) is 0. The second-order valence-corrected chi connectivity index (χ2v) is 5.44. The Labute approximate surface area is 107 Å². The van der Waals surface area contributed by atoms with Crippen molar-refractivity contribution < 1.29 is 9.90 Å². The Hall–Kier alpha value is -1.39. The van der Waals surface area contributed by atoms with Crippen molar-refractivity contribution in [3.8, 4) is 0 Å². The number of benzene rings is 1. The van der Waals surface area contributed by atoms with Gasteiger partial charge in [-0.05, 0) is 30.9 Å². The number of β-amino-alcohol motifs (C(OH)–C–C–N with tert-alkyl or cyclic N) is 1. The first-order valence-corrected chi connectivity index (χ1v) is 6.45. The molecule has 1 aromatic rings. The molecule has 2 N–H and O–H groups in total. The van der Waals surface area contributed by atoms with E-state index in [2.05, 4.69) is 5.32 Å². The summed E-state index contributed by atoms with van der Waals surface area (Å²) in [6, 6.07) is 9.44. The topological polar surface area (TPSA) is 52.6 Å². The van der Waals surface area contributed by atoms with E-state index in [1.165, 1.54) is 0 Å². The summed E-state index contributed by atoms with van der Waals surface area (Å²) in [5.74, 6) is 0.463. The molecule has 1 aromatic carbocycles. The molecule has 1 saturated carbocycles. The number of carbonyl (C=O) groups excluding carboxylic acids is 1. The van der Waals surface area contributed by atoms with Crippen LogP contribution in [0.3, 0.4) is 0 Å². The van der Waals surface area contributed by atoms with Crippen LogP contribution in [0.25, 0.3) is 0 Å². The van der Waals surface area contributed by atoms with Crippen LogP contribution in [0.1, 0.15) is 12.8 Å². The molecule has 0 unspecified atom stereocenters. The monoisotopic (exact) mass is 246 g/mol. The Morgan fingerprint density at radius 1 is 1.33 bits per heavy atom. The lowest BCUT2D eigenvalue weighted by atomic mass is 9.89. The Kier molecular flexibility index (Phi) is 2.84. The van der Waals surface area contributed by atoms with Crippen LogP contribution in [0.2, 0.25) is 0 Å². The predicted molar refractivity (Wildman–Crippen MR) is 69.2 cm³/mol. The van der Waals surface area contributed by atoms with Gasteiger partial charge in [0.15, 0.2) is 0 Å². The van der Waals surface area contributed by atoms with Crippen molar-refractivity contribution in [2.75, 3.05) is 25.0 Å². The summed E-state index contributed by atoms with van der Waals surface area (Å²) >= 11 is 0. The highest BCUT2D eigenvalue weighted by atomic mass is 16.3. The van der Waals surface area contributed by atoms with E-state index in [1.54, 1.807) is 0 Å². The third-order valence-electron chi connectivity index (χ3n) is 3.76. The molecule has 3 rings (SSSR count). The number of carbonyl (C=O) groups is 1. The highest BCUT2D eigenvalue weighted by Crippen LogP contribution is 2.44. The molecule has 18 heavy (non-hydrogen) atoms. The zero-order valence-electron chi connectivity index (χ0n) is 10.3. The molecule has 1 aliphatic carbocycles. The van der Waals surface area contributed by atoms with Gasteiger partial charge in [0.1, 0.15) is 0 Å². The van der Waals surface area contributed by atoms with Gasteiger partial charge in [-0.1, -0.05) is 18.2 Å². The zero-order valence-corrected chi connectivity index (χ0v) is 10.3. The fourth-order valence-electron chi connectivity index (χ4n) is 2.64. The number of anilines is 1. The maximum Gasteiger partial charge on any atom is 0.238 e. The van der Waals surface area contributed by atoms with Crippen LogP contribution < -0.4 is 5.32 Å². The largest absolute Gasteiger partial charge is 0.387 e. The van der Waals surface area contributed by atoms with Crippen molar-refractivity contribution in [1.82, 2.24) is 4.90 Å². The van der Waals surface area contributed by atoms with Crippen LogP contribution in [0.5, 0.6) is 0 Å². The minimum Gasteiger partial charge on any atom is -0.387 e. The first-order valence-electron chi connectivity index (χ1n) is 6.45. The summed E-state index contributed by atoms with van der Waals surface area (Å²) in [5, 5.41) is 13.0. The van der Waals surface area contributed by atoms with Gasteiger partial charge in [-0.15, -0.1) is 0 Å². The fraction of sp³-hybridized carbons (Fsp3) is 0.500. The van der Waals surface area contributed by atoms with E-state index in [4.69, 9.17) is 0 Å². The summed E-state index contributed by atoms with van der Waals surface area (Å²) in [4.78, 5) is 13.8. The molecule has 0 bridgehead atoms. The average molecular weight is 246 g/mol. The lowest BCUT2D eigenvalue weighted by Gasteiger charge is -2.46. The van der Waals surface area contributed by atoms with Crippen LogP contribution in [0.4, 0.5) is 5.69 Å². The summed E-state index contributed by atoms with van der Waals surface area (Å²) in [6.45, 7) is 1.64. The number of amides is 1. The van der Waals surface area contributed by atoms with E-state index in [0.717, 1.165) is 18.5 Å². The van der Waals surface area contributed by atoms with Crippen LogP contribution in [0, 0.1) is 5.92 Å². The normalized spacial score (nSPS) is 22.3. The number of nitrogens with one attached hydrogen (secondary N) is 1. The molecule has 0 radical (unpaired) electrons. The van der Waals surface area contributed by atoms with Gasteiger partial charge < -0.3 is 10.4 Å². The molecule has 0 atom stereocenters. The van der Waals surface area contributed by atoms with Crippen LogP contribution >= 0.6 is 0 Å². The van der Waals surface area contributed by atoms with Gasteiger partial charge in [0.2, 0.25) is 5.91 Å². The standard InChI is InChI=1S/C14H18N2O2/c17-13(15-12-4-2-1-3-5-12)8-16-9-14(18,10-16)11-6-7-11/h1-5,11,18H,6-10H2,(H,15,17). The van der Waals surface area contributed by atoms with Gasteiger partial charge in [-0.25, -0.2) is 0 Å². The van der Waals surface area contributed by atoms with Crippen molar-refractivity contribution in [3.05, 3.63) is 30.3 Å². The molecular weight excluding hydrogens is 228 g/mol. The van der Waals surface area contributed by atoms with Crippen molar-refractivity contribution in [3.63, 3.8) is 0 Å². The smallest absolute Gasteiger partial charge is 0.238 e. The van der Waals surface area contributed by atoms with Crippen LogP contribution in [-0.2, 0) is 4.79 Å². The van der Waals surface area contributed by atoms with Crippen molar-refractivity contribution in [2.45, 2.75) is 18.4 Å². The number of rotatable bonds is 4. The molecule has 0 aromatic heterocycles. The maximum absolute atomic E-state index is 11.8. The molecule has 4 nitrogen and oxygen atoms in total. The van der Waals surface area contributed by atoms with Gasteiger partial charge in [-0.3, -0.25) is 9.69 Å². The summed E-state index contributed by atoms with van der Waals surface area (Å²) in [5.41, 5.74) is 0.313. The number of likely N-dealkylation sites (tertiary alicyclic amines) is 1. The van der Waals surface area contributed by atoms with Gasteiger partial charge in [-0.2, -0.15) is 0 Å². The average Bonchev–Trinajstić information content (AvgIpc) is 3.12. The number of hydrogen-bond acceptors (Lipinski definition) is 3. The van der Waals surface area contributed by atoms with E-state index in [-0.39, 0.29) is 5.91 Å². The molecule has 0 spiro atoms. The van der Waals surface area contributed by atoms with Crippen LogP contribution in [0.15, 0.2) is 30.3 Å². The summed E-state index contributed by atoms with van der Waals surface area (Å²) in [6.07, 6.45) is 2.28. The molecule has 1 heterocycles. The fourth-order valence-corrected chi connectivity index (χ4v) is 2.64. The Balaban J connectivity index is 1.45. The molecule has 1 aliphatic heterocycles. The predicted octanol–water partition coefficient (Wildman–Crippen LogP) is 1.08. The van der Waals surface area contributed by atoms with Crippen molar-refractivity contribution >= 4 is 11.6 Å². The number of aliphatic hydroxyl groups is 1. The van der Waals surface area contributed by atoms with Crippen LogP contribution in [-0.4, -0.2) is 41.1 Å². The van der Waals surface area contributed by atoms with Gasteiger partial charge in [0, 0.05) is 18.8 Å². The molecule has 1 saturated heterocycles. The second-order valence-electron chi connectivity index (χ2n) is 5.44. The minimum absolute atomic E-state index is 0.0148. The van der Waals surface area contributed by atoms with Gasteiger partial charge in [0.25, 0.3) is 0 Å². The molecule has 1 amide bonds. The molecule has 2 fully saturated rings. The van der Waals surface area contributed by atoms with Gasteiger partial charge >= 0.3 is 0 Å². The maximum atomic E-state index is 11.8. The number of hydrogen-bond donors (Lipinski definition) is 2. The van der Waals surface area contributed by atoms with E-state index < -0.39 is 5.60 Å². The first kappa shape index (κ1) is 11.7. The molecule has 4 heteroatoms. The lowest BCUT2D eigenvalue weighted by molar-refractivity contribution is -0.132. The van der Waals surface area contributed by atoms with E-state index in [0.29, 0.717) is 25.6 Å². The highest BCUT2D eigenvalue weighted by Gasteiger charge is 2.51. The molecular formula is C14H18N2O2. The van der Waals surface area contributed by atoms with E-state index >= 15 is 0 Å². The van der Waals surface area contributed by atoms with E-state index in [9.17, 15) is 9.90 Å². The number of nitrogens with zero attached hydrogens (tertiary/aromatic N) is 1. The third kappa shape index (κ3) is 2.40. The molecule has 2 aliphatic rings. The minimum atomic E-state index is -0.507. The molecule has 96 valence electrons. The van der Waals surface area contributed by atoms with Crippen molar-refractivity contribution in [2.24, 2.45) is 5.92 Å². The Bertz CT molecular complexity index is 436. The highest BCUT2D eigenvalue weighted by molar-refractivity contribution is 5.92. The first-order chi connectivity index (χ1) is 8.66. The quantitative estimate of drug-likeness (QED) is 0.836. The zero-order chi connectivity index (χ0) is 12.6. The Morgan fingerprint density at radius 3 is 2.61 bits per heavy atom. The van der Waals surface area contributed by atoms with Gasteiger partial charge in [0.05, 0.1) is 12.1 Å². The third-order valence-corrected chi connectivity index (χ3v) is 3.76.